The molecule has 0 bridgehead atoms. The van der Waals surface area contributed by atoms with E-state index in [-0.39, 0.29) is 23.4 Å². The van der Waals surface area contributed by atoms with Crippen LogP contribution in [-0.4, -0.2) is 5.78 Å². The van der Waals surface area contributed by atoms with E-state index < -0.39 is 0 Å². The fraction of sp³-hybridized carbons (Fsp3) is 0.167. The van der Waals surface area contributed by atoms with Gasteiger partial charge < -0.3 is 5.11 Å². The zero-order valence-corrected chi connectivity index (χ0v) is 11.0. The first-order valence-electron chi connectivity index (χ1n) is 6.77. The van der Waals surface area contributed by atoms with Crippen LogP contribution in [0.15, 0.2) is 72.5 Å². The summed E-state index contributed by atoms with van der Waals surface area (Å²) in [5.74, 6) is -0.475. The van der Waals surface area contributed by atoms with Crippen LogP contribution in [-0.2, 0) is 4.79 Å². The summed E-state index contributed by atoms with van der Waals surface area (Å²) in [6.45, 7) is 0. The Bertz CT molecular complexity index is 629. The summed E-state index contributed by atoms with van der Waals surface area (Å²) in [7, 11) is 0. The zero-order chi connectivity index (χ0) is 13.9. The molecule has 20 heavy (non-hydrogen) atoms. The number of hydrogen-bond donors (Lipinski definition) is 0. The predicted octanol–water partition coefficient (Wildman–Crippen LogP) is 2.77. The van der Waals surface area contributed by atoms with Crippen LogP contribution < -0.4 is 5.11 Å². The topological polar surface area (TPSA) is 40.1 Å². The van der Waals surface area contributed by atoms with Gasteiger partial charge in [-0.1, -0.05) is 60.7 Å². The Hall–Kier alpha value is -2.35. The molecule has 100 valence electrons. The number of ketones is 1. The van der Waals surface area contributed by atoms with Crippen molar-refractivity contribution in [2.45, 2.75) is 18.3 Å². The quantitative estimate of drug-likeness (QED) is 0.836. The average Bonchev–Trinajstić information content (AvgIpc) is 2.48. The predicted molar refractivity (Wildman–Crippen MR) is 76.1 cm³/mol. The molecule has 0 aliphatic heterocycles. The molecule has 0 aromatic heterocycles. The number of rotatable bonds is 2. The summed E-state index contributed by atoms with van der Waals surface area (Å²) in [6, 6.07) is 19.5. The SMILES string of the molecule is O=C1C=C([O-])C(c2ccccc2)C(c2ccccc2)C1. The molecule has 0 N–H and O–H groups in total. The number of benzene rings is 2. The second-order valence-electron chi connectivity index (χ2n) is 5.12. The van der Waals surface area contributed by atoms with E-state index in [2.05, 4.69) is 0 Å². The van der Waals surface area contributed by atoms with Crippen molar-refractivity contribution in [1.29, 1.82) is 0 Å². The third-order valence-corrected chi connectivity index (χ3v) is 3.82. The van der Waals surface area contributed by atoms with Crippen molar-refractivity contribution in [3.05, 3.63) is 83.6 Å². The minimum atomic E-state index is -0.253. The van der Waals surface area contributed by atoms with E-state index in [4.69, 9.17) is 0 Å². The van der Waals surface area contributed by atoms with Crippen LogP contribution in [0.5, 0.6) is 0 Å². The molecular formula is C18H15O2-. The number of carbonyl (C=O) groups excluding carboxylic acids is 1. The molecule has 0 spiro atoms. The minimum Gasteiger partial charge on any atom is -0.875 e. The Kier molecular flexibility index (Phi) is 3.38. The molecule has 2 unspecified atom stereocenters. The lowest BCUT2D eigenvalue weighted by atomic mass is 9.74. The number of hydrogen-bond acceptors (Lipinski definition) is 2. The molecule has 0 amide bonds. The van der Waals surface area contributed by atoms with Gasteiger partial charge in [0.1, 0.15) is 0 Å². The van der Waals surface area contributed by atoms with Gasteiger partial charge in [0.2, 0.25) is 0 Å². The van der Waals surface area contributed by atoms with Crippen LogP contribution in [0.25, 0.3) is 0 Å². The molecule has 0 radical (unpaired) electrons. The summed E-state index contributed by atoms with van der Waals surface area (Å²) in [4.78, 5) is 11.8. The first-order chi connectivity index (χ1) is 9.75. The summed E-state index contributed by atoms with van der Waals surface area (Å²) in [5.41, 5.74) is 2.03. The van der Waals surface area contributed by atoms with E-state index in [9.17, 15) is 9.90 Å². The highest BCUT2D eigenvalue weighted by molar-refractivity contribution is 5.92. The van der Waals surface area contributed by atoms with E-state index in [1.165, 1.54) is 6.08 Å². The summed E-state index contributed by atoms with van der Waals surface area (Å²) >= 11 is 0. The second-order valence-corrected chi connectivity index (χ2v) is 5.12. The molecule has 2 heteroatoms. The Labute approximate surface area is 118 Å². The van der Waals surface area contributed by atoms with Crippen molar-refractivity contribution in [1.82, 2.24) is 0 Å². The lowest BCUT2D eigenvalue weighted by Gasteiger charge is -2.36. The van der Waals surface area contributed by atoms with Gasteiger partial charge in [-0.15, -0.1) is 5.76 Å². The largest absolute Gasteiger partial charge is 0.875 e. The van der Waals surface area contributed by atoms with Crippen LogP contribution >= 0.6 is 0 Å². The van der Waals surface area contributed by atoms with Crippen molar-refractivity contribution in [2.75, 3.05) is 0 Å². The van der Waals surface area contributed by atoms with E-state index in [1.807, 2.05) is 60.7 Å². The maximum atomic E-state index is 12.3. The normalized spacial score (nSPS) is 22.4. The maximum absolute atomic E-state index is 12.3. The Morgan fingerprint density at radius 2 is 1.40 bits per heavy atom. The highest BCUT2D eigenvalue weighted by Crippen LogP contribution is 2.41. The van der Waals surface area contributed by atoms with E-state index >= 15 is 0 Å². The van der Waals surface area contributed by atoms with Gasteiger partial charge in [-0.2, -0.15) is 0 Å². The van der Waals surface area contributed by atoms with Gasteiger partial charge in [0.15, 0.2) is 5.78 Å². The lowest BCUT2D eigenvalue weighted by Crippen LogP contribution is -2.27. The molecule has 1 aliphatic rings. The van der Waals surface area contributed by atoms with Crippen LogP contribution in [0.3, 0.4) is 0 Å². The summed E-state index contributed by atoms with van der Waals surface area (Å²) in [6.07, 6.45) is 1.66. The van der Waals surface area contributed by atoms with Gasteiger partial charge in [0.25, 0.3) is 0 Å². The van der Waals surface area contributed by atoms with Crippen molar-refractivity contribution < 1.29 is 9.90 Å². The fourth-order valence-electron chi connectivity index (χ4n) is 2.91. The number of carbonyl (C=O) groups is 1. The Balaban J connectivity index is 2.07. The molecule has 1 aliphatic carbocycles. The van der Waals surface area contributed by atoms with Crippen LogP contribution in [0, 0.1) is 0 Å². The Morgan fingerprint density at radius 3 is 2.00 bits per heavy atom. The lowest BCUT2D eigenvalue weighted by molar-refractivity contribution is -0.311. The molecule has 2 aromatic carbocycles. The fourth-order valence-corrected chi connectivity index (χ4v) is 2.91. The van der Waals surface area contributed by atoms with Crippen LogP contribution in [0.2, 0.25) is 0 Å². The number of allylic oxidation sites excluding steroid dienone is 2. The smallest absolute Gasteiger partial charge is 0.155 e. The van der Waals surface area contributed by atoms with E-state index in [0.717, 1.165) is 11.1 Å². The Morgan fingerprint density at radius 1 is 0.850 bits per heavy atom. The van der Waals surface area contributed by atoms with Gasteiger partial charge in [-0.25, -0.2) is 0 Å². The third kappa shape index (κ3) is 2.37. The molecule has 0 saturated heterocycles. The highest BCUT2D eigenvalue weighted by atomic mass is 16.3. The van der Waals surface area contributed by atoms with Gasteiger partial charge >= 0.3 is 0 Å². The van der Waals surface area contributed by atoms with Crippen molar-refractivity contribution >= 4 is 5.78 Å². The van der Waals surface area contributed by atoms with Gasteiger partial charge in [-0.3, -0.25) is 4.79 Å². The monoisotopic (exact) mass is 263 g/mol. The van der Waals surface area contributed by atoms with Gasteiger partial charge in [0.05, 0.1) is 0 Å². The minimum absolute atomic E-state index is 0.0661. The van der Waals surface area contributed by atoms with E-state index in [0.29, 0.717) is 6.42 Å². The maximum Gasteiger partial charge on any atom is 0.155 e. The second kappa shape index (κ2) is 5.33. The summed E-state index contributed by atoms with van der Waals surface area (Å²) in [5, 5.41) is 12.3. The molecule has 2 nitrogen and oxygen atoms in total. The highest BCUT2D eigenvalue weighted by Gasteiger charge is 2.29. The standard InChI is InChI=1S/C18H16O2/c19-15-11-16(13-7-3-1-4-8-13)18(17(20)12-15)14-9-5-2-6-10-14/h1-10,12,16,18,20H,11H2/p-1. The molecule has 2 atom stereocenters. The van der Waals surface area contributed by atoms with Crippen molar-refractivity contribution in [3.63, 3.8) is 0 Å². The van der Waals surface area contributed by atoms with Crippen LogP contribution in [0.1, 0.15) is 29.4 Å². The van der Waals surface area contributed by atoms with Gasteiger partial charge in [-0.05, 0) is 17.2 Å². The molecule has 0 heterocycles. The van der Waals surface area contributed by atoms with E-state index in [1.54, 1.807) is 0 Å². The first kappa shape index (κ1) is 12.7. The molecule has 3 rings (SSSR count). The first-order valence-corrected chi connectivity index (χ1v) is 6.77. The van der Waals surface area contributed by atoms with Crippen LogP contribution in [0.4, 0.5) is 0 Å². The third-order valence-electron chi connectivity index (χ3n) is 3.82. The van der Waals surface area contributed by atoms with Gasteiger partial charge in [0, 0.05) is 18.3 Å². The molecule has 0 saturated carbocycles. The zero-order valence-electron chi connectivity index (χ0n) is 11.0. The molecular weight excluding hydrogens is 248 g/mol. The summed E-state index contributed by atoms with van der Waals surface area (Å²) < 4.78 is 0. The molecule has 2 aromatic rings. The molecule has 0 fully saturated rings. The van der Waals surface area contributed by atoms with Crippen molar-refractivity contribution in [3.8, 4) is 0 Å². The van der Waals surface area contributed by atoms with Crippen molar-refractivity contribution in [2.24, 2.45) is 0 Å². The average molecular weight is 263 g/mol.